The Morgan fingerprint density at radius 3 is 2.55 bits per heavy atom. The number of aryl methyl sites for hydroxylation is 2. The molecule has 2 aromatic heterocycles. The summed E-state index contributed by atoms with van der Waals surface area (Å²) in [5.74, 6) is 1.26. The molecule has 7 heteroatoms. The standard InChI is InChI=1S/C22H30N6O/c1-16-12-17(2)25-22(24-16)26-19-7-8-20(23-13-19)18-6-5-9-27(14-18)15-21(29)28-10-3-4-11-28/h7-8,12-13,18H,3-6,9-11,14-15H2,1-2H3,(H,24,25,26)/t18-/m0/s1. The van der Waals surface area contributed by atoms with Gasteiger partial charge < -0.3 is 10.2 Å². The number of pyridine rings is 1. The Bertz CT molecular complexity index is 827. The first-order valence-electron chi connectivity index (χ1n) is 10.6. The number of likely N-dealkylation sites (tertiary alicyclic amines) is 2. The molecule has 2 saturated heterocycles. The van der Waals surface area contributed by atoms with Crippen LogP contribution in [0.3, 0.4) is 0 Å². The lowest BCUT2D eigenvalue weighted by Gasteiger charge is -2.33. The van der Waals surface area contributed by atoms with E-state index in [0.717, 1.165) is 74.6 Å². The smallest absolute Gasteiger partial charge is 0.236 e. The molecule has 2 aromatic rings. The zero-order chi connectivity index (χ0) is 20.2. The molecule has 2 fully saturated rings. The summed E-state index contributed by atoms with van der Waals surface area (Å²) < 4.78 is 0. The van der Waals surface area contributed by atoms with Crippen LogP contribution in [0.2, 0.25) is 0 Å². The second-order valence-corrected chi connectivity index (χ2v) is 8.23. The molecule has 154 valence electrons. The minimum atomic E-state index is 0.282. The first-order valence-corrected chi connectivity index (χ1v) is 10.6. The fraction of sp³-hybridized carbons (Fsp3) is 0.545. The van der Waals surface area contributed by atoms with Gasteiger partial charge >= 0.3 is 0 Å². The van der Waals surface area contributed by atoms with Gasteiger partial charge in [-0.15, -0.1) is 0 Å². The lowest BCUT2D eigenvalue weighted by atomic mass is 9.94. The number of anilines is 2. The minimum Gasteiger partial charge on any atom is -0.342 e. The summed E-state index contributed by atoms with van der Waals surface area (Å²) in [6.07, 6.45) is 6.37. The maximum absolute atomic E-state index is 12.5. The van der Waals surface area contributed by atoms with Crippen LogP contribution in [-0.4, -0.2) is 63.4 Å². The van der Waals surface area contributed by atoms with Crippen LogP contribution in [0.15, 0.2) is 24.4 Å². The number of carbonyl (C=O) groups excluding carboxylic acids is 1. The van der Waals surface area contributed by atoms with Crippen molar-refractivity contribution in [2.45, 2.75) is 45.4 Å². The number of hydrogen-bond donors (Lipinski definition) is 1. The maximum Gasteiger partial charge on any atom is 0.236 e. The molecule has 0 aliphatic carbocycles. The zero-order valence-electron chi connectivity index (χ0n) is 17.4. The molecule has 2 aliphatic rings. The summed E-state index contributed by atoms with van der Waals surface area (Å²) in [5.41, 5.74) is 3.86. The third-order valence-electron chi connectivity index (χ3n) is 5.77. The number of piperidine rings is 1. The Labute approximate surface area is 172 Å². The van der Waals surface area contributed by atoms with Crippen LogP contribution in [0.25, 0.3) is 0 Å². The van der Waals surface area contributed by atoms with Gasteiger partial charge in [-0.3, -0.25) is 14.7 Å². The van der Waals surface area contributed by atoms with Gasteiger partial charge in [-0.05, 0) is 64.3 Å². The van der Waals surface area contributed by atoms with Gasteiger partial charge in [0.25, 0.3) is 0 Å². The number of hydrogen-bond acceptors (Lipinski definition) is 6. The second-order valence-electron chi connectivity index (χ2n) is 8.23. The van der Waals surface area contributed by atoms with Crippen molar-refractivity contribution in [3.63, 3.8) is 0 Å². The molecule has 0 radical (unpaired) electrons. The van der Waals surface area contributed by atoms with Crippen molar-refractivity contribution in [3.05, 3.63) is 41.5 Å². The largest absolute Gasteiger partial charge is 0.342 e. The topological polar surface area (TPSA) is 74.2 Å². The molecule has 0 bridgehead atoms. The lowest BCUT2D eigenvalue weighted by molar-refractivity contribution is -0.131. The maximum atomic E-state index is 12.5. The highest BCUT2D eigenvalue weighted by molar-refractivity contribution is 5.78. The summed E-state index contributed by atoms with van der Waals surface area (Å²) in [7, 11) is 0. The Morgan fingerprint density at radius 1 is 1.10 bits per heavy atom. The molecule has 1 amide bonds. The van der Waals surface area contributed by atoms with Gasteiger partial charge in [0, 0.05) is 42.6 Å². The molecule has 0 aromatic carbocycles. The van der Waals surface area contributed by atoms with E-state index in [4.69, 9.17) is 4.98 Å². The molecule has 0 saturated carbocycles. The summed E-state index contributed by atoms with van der Waals surface area (Å²) in [5, 5.41) is 3.24. The van der Waals surface area contributed by atoms with Gasteiger partial charge in [0.05, 0.1) is 18.4 Å². The molecule has 0 unspecified atom stereocenters. The lowest BCUT2D eigenvalue weighted by Crippen LogP contribution is -2.43. The molecule has 1 atom stereocenters. The molecule has 0 spiro atoms. The predicted octanol–water partition coefficient (Wildman–Crippen LogP) is 3.03. The van der Waals surface area contributed by atoms with Crippen LogP contribution in [-0.2, 0) is 4.79 Å². The van der Waals surface area contributed by atoms with Crippen molar-refractivity contribution >= 4 is 17.5 Å². The van der Waals surface area contributed by atoms with Gasteiger partial charge in [0.2, 0.25) is 11.9 Å². The summed E-state index contributed by atoms with van der Waals surface area (Å²) >= 11 is 0. The Balaban J connectivity index is 1.36. The minimum absolute atomic E-state index is 0.282. The van der Waals surface area contributed by atoms with E-state index in [1.165, 1.54) is 0 Å². The van der Waals surface area contributed by atoms with Crippen molar-refractivity contribution in [3.8, 4) is 0 Å². The van der Waals surface area contributed by atoms with Gasteiger partial charge in [-0.2, -0.15) is 0 Å². The monoisotopic (exact) mass is 394 g/mol. The van der Waals surface area contributed by atoms with E-state index in [-0.39, 0.29) is 5.91 Å². The van der Waals surface area contributed by atoms with Crippen LogP contribution in [0.4, 0.5) is 11.6 Å². The van der Waals surface area contributed by atoms with Crippen molar-refractivity contribution in [2.24, 2.45) is 0 Å². The number of amides is 1. The highest BCUT2D eigenvalue weighted by Gasteiger charge is 2.26. The molecular formula is C22H30N6O. The van der Waals surface area contributed by atoms with Crippen LogP contribution >= 0.6 is 0 Å². The van der Waals surface area contributed by atoms with Crippen LogP contribution in [0.5, 0.6) is 0 Å². The van der Waals surface area contributed by atoms with Gasteiger partial charge in [0.1, 0.15) is 0 Å². The van der Waals surface area contributed by atoms with E-state index in [2.05, 4.69) is 26.3 Å². The summed E-state index contributed by atoms with van der Waals surface area (Å²) in [6.45, 7) is 8.22. The number of rotatable bonds is 5. The molecule has 29 heavy (non-hydrogen) atoms. The van der Waals surface area contributed by atoms with E-state index in [1.54, 1.807) is 0 Å². The second kappa shape index (κ2) is 8.86. The van der Waals surface area contributed by atoms with Crippen LogP contribution in [0, 0.1) is 13.8 Å². The highest BCUT2D eigenvalue weighted by Crippen LogP contribution is 2.26. The number of carbonyl (C=O) groups is 1. The molecule has 4 rings (SSSR count). The molecule has 1 N–H and O–H groups in total. The van der Waals surface area contributed by atoms with Crippen molar-refractivity contribution in [2.75, 3.05) is 38.0 Å². The van der Waals surface area contributed by atoms with E-state index in [1.807, 2.05) is 37.1 Å². The molecule has 4 heterocycles. The van der Waals surface area contributed by atoms with Crippen molar-refractivity contribution in [1.82, 2.24) is 24.8 Å². The van der Waals surface area contributed by atoms with Gasteiger partial charge in [-0.1, -0.05) is 0 Å². The third kappa shape index (κ3) is 5.09. The number of aromatic nitrogens is 3. The van der Waals surface area contributed by atoms with Gasteiger partial charge in [-0.25, -0.2) is 9.97 Å². The third-order valence-corrected chi connectivity index (χ3v) is 5.77. The van der Waals surface area contributed by atoms with E-state index in [9.17, 15) is 4.79 Å². The van der Waals surface area contributed by atoms with Crippen LogP contribution in [0.1, 0.15) is 48.7 Å². The van der Waals surface area contributed by atoms with E-state index < -0.39 is 0 Å². The Morgan fingerprint density at radius 2 is 1.86 bits per heavy atom. The molecular weight excluding hydrogens is 364 g/mol. The average molecular weight is 395 g/mol. The van der Waals surface area contributed by atoms with Crippen molar-refractivity contribution in [1.29, 1.82) is 0 Å². The van der Waals surface area contributed by atoms with Gasteiger partial charge in [0.15, 0.2) is 0 Å². The first kappa shape index (κ1) is 19.8. The fourth-order valence-electron chi connectivity index (χ4n) is 4.33. The molecule has 2 aliphatic heterocycles. The SMILES string of the molecule is Cc1cc(C)nc(Nc2ccc([C@H]3CCCN(CC(=O)N4CCCC4)C3)nc2)n1. The fourth-order valence-corrected chi connectivity index (χ4v) is 4.33. The Kier molecular flexibility index (Phi) is 6.04. The predicted molar refractivity (Wildman–Crippen MR) is 113 cm³/mol. The molecule has 7 nitrogen and oxygen atoms in total. The van der Waals surface area contributed by atoms with E-state index >= 15 is 0 Å². The van der Waals surface area contributed by atoms with Crippen LogP contribution < -0.4 is 5.32 Å². The van der Waals surface area contributed by atoms with Crippen molar-refractivity contribution < 1.29 is 4.79 Å². The normalized spacial score (nSPS) is 20.1. The Hall–Kier alpha value is -2.54. The quantitative estimate of drug-likeness (QED) is 0.840. The average Bonchev–Trinajstić information content (AvgIpc) is 3.23. The summed E-state index contributed by atoms with van der Waals surface area (Å²) in [6, 6.07) is 6.08. The number of nitrogens with zero attached hydrogens (tertiary/aromatic N) is 5. The summed E-state index contributed by atoms with van der Waals surface area (Å²) in [4.78, 5) is 30.3. The first-order chi connectivity index (χ1) is 14.1. The highest BCUT2D eigenvalue weighted by atomic mass is 16.2. The zero-order valence-corrected chi connectivity index (χ0v) is 17.4. The van der Waals surface area contributed by atoms with E-state index in [0.29, 0.717) is 18.4 Å². The number of nitrogens with one attached hydrogen (secondary N) is 1.